The molecule has 4 rings (SSSR count). The van der Waals surface area contributed by atoms with Crippen LogP contribution >= 0.6 is 0 Å². The van der Waals surface area contributed by atoms with Crippen molar-refractivity contribution in [1.82, 2.24) is 19.9 Å². The minimum Gasteiger partial charge on any atom is -0.365 e. The van der Waals surface area contributed by atoms with Crippen LogP contribution in [0.15, 0.2) is 36.9 Å². The molecule has 0 aromatic carbocycles. The molecule has 4 heterocycles. The molecular formula is C16H17N7O. The summed E-state index contributed by atoms with van der Waals surface area (Å²) in [6, 6.07) is 5.37. The zero-order valence-corrected chi connectivity index (χ0v) is 13.0. The SMILES string of the molecule is NC(=O)c1cccnc1N1CCN(c2ncnc3cc[nH]c23)CC1. The van der Waals surface area contributed by atoms with E-state index in [9.17, 15) is 4.79 Å². The number of primary amides is 1. The van der Waals surface area contributed by atoms with Crippen LogP contribution in [-0.4, -0.2) is 52.0 Å². The van der Waals surface area contributed by atoms with Crippen molar-refractivity contribution in [3.8, 4) is 0 Å². The standard InChI is InChI=1S/C16H17N7O/c17-14(24)11-2-1-4-19-15(11)22-6-8-23(9-7-22)16-13-12(3-5-18-13)20-10-21-16/h1-5,10,18H,6-9H2,(H2,17,24). The van der Waals surface area contributed by atoms with Gasteiger partial charge in [-0.1, -0.05) is 0 Å². The van der Waals surface area contributed by atoms with Crippen molar-refractivity contribution in [3.05, 3.63) is 42.5 Å². The summed E-state index contributed by atoms with van der Waals surface area (Å²) in [6.07, 6.45) is 5.13. The van der Waals surface area contributed by atoms with E-state index >= 15 is 0 Å². The van der Waals surface area contributed by atoms with E-state index in [0.717, 1.165) is 43.0 Å². The summed E-state index contributed by atoms with van der Waals surface area (Å²) < 4.78 is 0. The molecule has 8 nitrogen and oxygen atoms in total. The Morgan fingerprint density at radius 1 is 1.04 bits per heavy atom. The second-order valence-corrected chi connectivity index (χ2v) is 5.65. The number of carbonyl (C=O) groups excluding carboxylic acids is 1. The minimum atomic E-state index is -0.454. The number of hydrogen-bond acceptors (Lipinski definition) is 6. The lowest BCUT2D eigenvalue weighted by molar-refractivity contribution is 0.100. The van der Waals surface area contributed by atoms with Crippen LogP contribution in [0, 0.1) is 0 Å². The van der Waals surface area contributed by atoms with Crippen LogP contribution in [0.5, 0.6) is 0 Å². The average molecular weight is 323 g/mol. The second kappa shape index (κ2) is 5.80. The Bertz CT molecular complexity index is 883. The maximum Gasteiger partial charge on any atom is 0.252 e. The van der Waals surface area contributed by atoms with Crippen molar-refractivity contribution in [1.29, 1.82) is 0 Å². The van der Waals surface area contributed by atoms with E-state index in [4.69, 9.17) is 5.73 Å². The zero-order valence-electron chi connectivity index (χ0n) is 13.0. The quantitative estimate of drug-likeness (QED) is 0.738. The first kappa shape index (κ1) is 14.4. The number of fused-ring (bicyclic) bond motifs is 1. The van der Waals surface area contributed by atoms with E-state index in [-0.39, 0.29) is 0 Å². The number of rotatable bonds is 3. The van der Waals surface area contributed by atoms with Gasteiger partial charge in [-0.2, -0.15) is 0 Å². The Hall–Kier alpha value is -3.16. The van der Waals surface area contributed by atoms with Crippen molar-refractivity contribution in [2.75, 3.05) is 36.0 Å². The molecule has 1 amide bonds. The number of aromatic nitrogens is 4. The minimum absolute atomic E-state index is 0.454. The van der Waals surface area contributed by atoms with Crippen LogP contribution in [0.2, 0.25) is 0 Å². The number of aromatic amines is 1. The highest BCUT2D eigenvalue weighted by atomic mass is 16.1. The number of amides is 1. The van der Waals surface area contributed by atoms with Crippen LogP contribution < -0.4 is 15.5 Å². The van der Waals surface area contributed by atoms with Crippen LogP contribution in [-0.2, 0) is 0 Å². The molecule has 0 aliphatic carbocycles. The van der Waals surface area contributed by atoms with Gasteiger partial charge in [0.2, 0.25) is 0 Å². The van der Waals surface area contributed by atoms with Gasteiger partial charge in [-0.05, 0) is 18.2 Å². The summed E-state index contributed by atoms with van der Waals surface area (Å²) in [5.41, 5.74) is 7.76. The van der Waals surface area contributed by atoms with Gasteiger partial charge in [0.15, 0.2) is 5.82 Å². The first-order chi connectivity index (χ1) is 11.7. The van der Waals surface area contributed by atoms with Crippen LogP contribution in [0.25, 0.3) is 11.0 Å². The predicted octanol–water partition coefficient (Wildman–Crippen LogP) is 0.778. The lowest BCUT2D eigenvalue weighted by atomic mass is 10.2. The fourth-order valence-electron chi connectivity index (χ4n) is 3.07. The van der Waals surface area contributed by atoms with Gasteiger partial charge < -0.3 is 20.5 Å². The number of piperazine rings is 1. The van der Waals surface area contributed by atoms with Crippen LogP contribution in [0.1, 0.15) is 10.4 Å². The summed E-state index contributed by atoms with van der Waals surface area (Å²) in [5, 5.41) is 0. The third-order valence-electron chi connectivity index (χ3n) is 4.26. The highest BCUT2D eigenvalue weighted by Gasteiger charge is 2.23. The smallest absolute Gasteiger partial charge is 0.252 e. The number of nitrogens with zero attached hydrogens (tertiary/aromatic N) is 5. The highest BCUT2D eigenvalue weighted by molar-refractivity contribution is 5.97. The molecule has 122 valence electrons. The number of hydrogen-bond donors (Lipinski definition) is 2. The van der Waals surface area contributed by atoms with E-state index in [2.05, 4.69) is 29.7 Å². The van der Waals surface area contributed by atoms with Gasteiger partial charge in [0.1, 0.15) is 17.7 Å². The van der Waals surface area contributed by atoms with Crippen molar-refractivity contribution < 1.29 is 4.79 Å². The number of nitrogens with two attached hydrogens (primary N) is 1. The van der Waals surface area contributed by atoms with E-state index in [0.29, 0.717) is 11.4 Å². The second-order valence-electron chi connectivity index (χ2n) is 5.65. The lowest BCUT2D eigenvalue weighted by Gasteiger charge is -2.36. The molecule has 24 heavy (non-hydrogen) atoms. The fraction of sp³-hybridized carbons (Fsp3) is 0.250. The van der Waals surface area contributed by atoms with E-state index in [1.807, 2.05) is 12.3 Å². The van der Waals surface area contributed by atoms with E-state index in [1.165, 1.54) is 0 Å². The van der Waals surface area contributed by atoms with Crippen molar-refractivity contribution >= 4 is 28.6 Å². The van der Waals surface area contributed by atoms with Gasteiger partial charge in [-0.25, -0.2) is 15.0 Å². The molecule has 0 saturated carbocycles. The monoisotopic (exact) mass is 323 g/mol. The molecule has 0 atom stereocenters. The Kier molecular flexibility index (Phi) is 3.49. The molecule has 1 fully saturated rings. The number of carbonyl (C=O) groups is 1. The molecule has 0 bridgehead atoms. The predicted molar refractivity (Wildman–Crippen MR) is 91.1 cm³/mol. The zero-order chi connectivity index (χ0) is 16.5. The van der Waals surface area contributed by atoms with Gasteiger partial charge in [0.05, 0.1) is 11.1 Å². The van der Waals surface area contributed by atoms with Crippen molar-refractivity contribution in [3.63, 3.8) is 0 Å². The van der Waals surface area contributed by atoms with Crippen LogP contribution in [0.4, 0.5) is 11.6 Å². The molecule has 1 aliphatic heterocycles. The molecule has 0 spiro atoms. The highest BCUT2D eigenvalue weighted by Crippen LogP contribution is 2.24. The number of pyridine rings is 1. The summed E-state index contributed by atoms with van der Waals surface area (Å²) in [4.78, 5) is 32.1. The molecule has 3 N–H and O–H groups in total. The summed E-state index contributed by atoms with van der Waals surface area (Å²) in [5.74, 6) is 1.10. The van der Waals surface area contributed by atoms with Gasteiger partial charge in [-0.3, -0.25) is 4.79 Å². The Morgan fingerprint density at radius 2 is 1.79 bits per heavy atom. The molecule has 1 aliphatic rings. The third kappa shape index (κ3) is 2.41. The summed E-state index contributed by atoms with van der Waals surface area (Å²) >= 11 is 0. The lowest BCUT2D eigenvalue weighted by Crippen LogP contribution is -2.47. The topological polar surface area (TPSA) is 104 Å². The van der Waals surface area contributed by atoms with Crippen LogP contribution in [0.3, 0.4) is 0 Å². The Labute approximate surface area is 138 Å². The molecule has 0 unspecified atom stereocenters. The van der Waals surface area contributed by atoms with Gasteiger partial charge in [-0.15, -0.1) is 0 Å². The maximum absolute atomic E-state index is 11.6. The first-order valence-electron chi connectivity index (χ1n) is 7.77. The fourth-order valence-corrected chi connectivity index (χ4v) is 3.07. The number of H-pyrrole nitrogens is 1. The van der Waals surface area contributed by atoms with E-state index in [1.54, 1.807) is 24.7 Å². The summed E-state index contributed by atoms with van der Waals surface area (Å²) in [7, 11) is 0. The normalized spacial score (nSPS) is 15.0. The number of anilines is 2. The van der Waals surface area contributed by atoms with E-state index < -0.39 is 5.91 Å². The molecule has 3 aromatic rings. The molecule has 3 aromatic heterocycles. The van der Waals surface area contributed by atoms with Gasteiger partial charge in [0.25, 0.3) is 5.91 Å². The molecule has 8 heteroatoms. The Balaban J connectivity index is 1.55. The largest absolute Gasteiger partial charge is 0.365 e. The molecule has 0 radical (unpaired) electrons. The average Bonchev–Trinajstić information content (AvgIpc) is 3.10. The maximum atomic E-state index is 11.6. The van der Waals surface area contributed by atoms with Gasteiger partial charge >= 0.3 is 0 Å². The molecule has 1 saturated heterocycles. The van der Waals surface area contributed by atoms with Gasteiger partial charge in [0, 0.05) is 38.6 Å². The van der Waals surface area contributed by atoms with Crippen molar-refractivity contribution in [2.45, 2.75) is 0 Å². The summed E-state index contributed by atoms with van der Waals surface area (Å²) in [6.45, 7) is 3.03. The third-order valence-corrected chi connectivity index (χ3v) is 4.26. The Morgan fingerprint density at radius 3 is 2.54 bits per heavy atom. The number of nitrogens with one attached hydrogen (secondary N) is 1. The van der Waals surface area contributed by atoms with Crippen molar-refractivity contribution in [2.24, 2.45) is 5.73 Å². The first-order valence-corrected chi connectivity index (χ1v) is 7.77. The molecular weight excluding hydrogens is 306 g/mol.